The van der Waals surface area contributed by atoms with Gasteiger partial charge in [0.05, 0.1) is 11.5 Å². The molecule has 3 nitrogen and oxygen atoms in total. The third-order valence-corrected chi connectivity index (χ3v) is 3.35. The summed E-state index contributed by atoms with van der Waals surface area (Å²) in [6.07, 6.45) is 1.54. The first kappa shape index (κ1) is 13.6. The van der Waals surface area contributed by atoms with Crippen LogP contribution in [0.3, 0.4) is 0 Å². The molecule has 0 atom stereocenters. The van der Waals surface area contributed by atoms with Crippen molar-refractivity contribution < 1.29 is 13.5 Å². The van der Waals surface area contributed by atoms with E-state index in [2.05, 4.69) is 4.98 Å². The number of benzene rings is 1. The molecule has 2 rings (SSSR count). The van der Waals surface area contributed by atoms with Crippen LogP contribution in [0, 0.1) is 11.6 Å². The van der Waals surface area contributed by atoms with Gasteiger partial charge in [0.2, 0.25) is 0 Å². The molecule has 0 aliphatic carbocycles. The van der Waals surface area contributed by atoms with E-state index in [0.717, 1.165) is 23.9 Å². The number of ether oxygens (including phenoxy) is 1. The van der Waals surface area contributed by atoms with Gasteiger partial charge in [0.15, 0.2) is 5.75 Å². The minimum absolute atomic E-state index is 0.0467. The number of aromatic nitrogens is 1. The lowest BCUT2D eigenvalue weighted by Crippen LogP contribution is -1.97. The van der Waals surface area contributed by atoms with E-state index in [4.69, 9.17) is 10.5 Å². The second-order valence-corrected chi connectivity index (χ2v) is 4.65. The molecule has 0 aliphatic heterocycles. The van der Waals surface area contributed by atoms with Crippen molar-refractivity contribution in [3.63, 3.8) is 0 Å². The van der Waals surface area contributed by atoms with E-state index < -0.39 is 11.6 Å². The average Bonchev–Trinajstić information content (AvgIpc) is 2.36. The van der Waals surface area contributed by atoms with Gasteiger partial charge < -0.3 is 10.5 Å². The normalized spacial score (nSPS) is 10.5. The highest BCUT2D eigenvalue weighted by Crippen LogP contribution is 2.36. The molecule has 2 aromatic rings. The Kier molecular flexibility index (Phi) is 4.21. The van der Waals surface area contributed by atoms with Crippen LogP contribution in [0.5, 0.6) is 5.75 Å². The van der Waals surface area contributed by atoms with Gasteiger partial charge in [-0.05, 0) is 31.2 Å². The van der Waals surface area contributed by atoms with Crippen molar-refractivity contribution in [2.24, 2.45) is 0 Å². The fourth-order valence-electron chi connectivity index (χ4n) is 1.49. The van der Waals surface area contributed by atoms with Crippen molar-refractivity contribution in [3.8, 4) is 5.75 Å². The number of rotatable bonds is 4. The van der Waals surface area contributed by atoms with Crippen LogP contribution in [0.25, 0.3) is 0 Å². The van der Waals surface area contributed by atoms with E-state index in [0.29, 0.717) is 17.4 Å². The van der Waals surface area contributed by atoms with E-state index in [-0.39, 0.29) is 10.6 Å². The third-order valence-electron chi connectivity index (χ3n) is 2.26. The minimum Gasteiger partial charge on any atom is -0.491 e. The number of hydrogen-bond acceptors (Lipinski definition) is 4. The van der Waals surface area contributed by atoms with Gasteiger partial charge in [0.1, 0.15) is 16.7 Å². The molecule has 6 heteroatoms. The fraction of sp³-hybridized carbons (Fsp3) is 0.154. The molecule has 1 aromatic carbocycles. The van der Waals surface area contributed by atoms with Crippen LogP contribution in [-0.2, 0) is 0 Å². The van der Waals surface area contributed by atoms with Gasteiger partial charge >= 0.3 is 0 Å². The Morgan fingerprint density at radius 2 is 2.00 bits per heavy atom. The third kappa shape index (κ3) is 3.14. The number of hydrogen-bond donors (Lipinski definition) is 1. The first-order chi connectivity index (χ1) is 9.11. The SMILES string of the molecule is CCOc1cccnc1Sc1c(F)cc(N)cc1F. The molecule has 1 heterocycles. The number of anilines is 1. The molecule has 2 N–H and O–H groups in total. The molecular formula is C13H12F2N2OS. The Hall–Kier alpha value is -1.82. The standard InChI is InChI=1S/C13H12F2N2OS/c1-2-18-11-4-3-5-17-13(11)19-12-9(14)6-8(16)7-10(12)15/h3-7H,2,16H2,1H3. The average molecular weight is 282 g/mol. The lowest BCUT2D eigenvalue weighted by Gasteiger charge is -2.09. The minimum atomic E-state index is -0.712. The largest absolute Gasteiger partial charge is 0.491 e. The van der Waals surface area contributed by atoms with Crippen molar-refractivity contribution in [3.05, 3.63) is 42.1 Å². The van der Waals surface area contributed by atoms with Crippen molar-refractivity contribution >= 4 is 17.4 Å². The maximum atomic E-state index is 13.7. The van der Waals surface area contributed by atoms with Crippen LogP contribution in [-0.4, -0.2) is 11.6 Å². The quantitative estimate of drug-likeness (QED) is 0.872. The smallest absolute Gasteiger partial charge is 0.151 e. The van der Waals surface area contributed by atoms with Gasteiger partial charge in [-0.15, -0.1) is 0 Å². The molecular weight excluding hydrogens is 270 g/mol. The molecule has 0 saturated heterocycles. The number of nitrogens with two attached hydrogens (primary N) is 1. The summed E-state index contributed by atoms with van der Waals surface area (Å²) >= 11 is 0.874. The maximum Gasteiger partial charge on any atom is 0.151 e. The van der Waals surface area contributed by atoms with Crippen molar-refractivity contribution in [2.45, 2.75) is 16.8 Å². The number of nitrogen functional groups attached to an aromatic ring is 1. The highest BCUT2D eigenvalue weighted by molar-refractivity contribution is 7.99. The zero-order valence-electron chi connectivity index (χ0n) is 10.2. The summed E-state index contributed by atoms with van der Waals surface area (Å²) in [4.78, 5) is 3.93. The van der Waals surface area contributed by atoms with Crippen LogP contribution in [0.1, 0.15) is 6.92 Å². The first-order valence-electron chi connectivity index (χ1n) is 5.62. The van der Waals surface area contributed by atoms with Crippen LogP contribution in [0.15, 0.2) is 40.4 Å². The van der Waals surface area contributed by atoms with Gasteiger partial charge in [0, 0.05) is 11.9 Å². The van der Waals surface area contributed by atoms with Crippen molar-refractivity contribution in [1.29, 1.82) is 0 Å². The predicted molar refractivity (Wildman–Crippen MR) is 70.3 cm³/mol. The summed E-state index contributed by atoms with van der Waals surface area (Å²) < 4.78 is 32.8. The molecule has 0 spiro atoms. The lowest BCUT2D eigenvalue weighted by atomic mass is 10.3. The molecule has 0 fully saturated rings. The van der Waals surface area contributed by atoms with Gasteiger partial charge in [-0.3, -0.25) is 0 Å². The van der Waals surface area contributed by atoms with Gasteiger partial charge in [-0.25, -0.2) is 13.8 Å². The Bertz CT molecular complexity index is 570. The summed E-state index contributed by atoms with van der Waals surface area (Å²) in [5, 5.41) is 0.409. The Balaban J connectivity index is 2.36. The maximum absolute atomic E-state index is 13.7. The highest BCUT2D eigenvalue weighted by atomic mass is 32.2. The summed E-state index contributed by atoms with van der Waals surface area (Å²) in [7, 11) is 0. The molecule has 0 aliphatic rings. The van der Waals surface area contributed by atoms with E-state index >= 15 is 0 Å². The first-order valence-corrected chi connectivity index (χ1v) is 6.43. The molecule has 0 bridgehead atoms. The number of nitrogens with zero attached hydrogens (tertiary/aromatic N) is 1. The van der Waals surface area contributed by atoms with Crippen molar-refractivity contribution in [2.75, 3.05) is 12.3 Å². The van der Waals surface area contributed by atoms with E-state index in [9.17, 15) is 8.78 Å². The van der Waals surface area contributed by atoms with Crippen LogP contribution >= 0.6 is 11.8 Å². The number of halogens is 2. The van der Waals surface area contributed by atoms with Gasteiger partial charge in [-0.1, -0.05) is 11.8 Å². The Morgan fingerprint density at radius 3 is 2.63 bits per heavy atom. The molecule has 0 unspecified atom stereocenters. The molecule has 0 saturated carbocycles. The van der Waals surface area contributed by atoms with Crippen LogP contribution in [0.2, 0.25) is 0 Å². The van der Waals surface area contributed by atoms with E-state index in [1.807, 2.05) is 6.92 Å². The molecule has 0 radical (unpaired) electrons. The molecule has 1 aromatic heterocycles. The summed E-state index contributed by atoms with van der Waals surface area (Å²) in [5.74, 6) is -0.933. The lowest BCUT2D eigenvalue weighted by molar-refractivity contribution is 0.329. The molecule has 0 amide bonds. The van der Waals surface area contributed by atoms with Gasteiger partial charge in [0.25, 0.3) is 0 Å². The molecule has 100 valence electrons. The predicted octanol–water partition coefficient (Wildman–Crippen LogP) is 3.49. The van der Waals surface area contributed by atoms with E-state index in [1.54, 1.807) is 12.1 Å². The second-order valence-electron chi connectivity index (χ2n) is 3.66. The topological polar surface area (TPSA) is 48.1 Å². The van der Waals surface area contributed by atoms with E-state index in [1.165, 1.54) is 6.20 Å². The fourth-order valence-corrected chi connectivity index (χ4v) is 2.34. The van der Waals surface area contributed by atoms with Crippen molar-refractivity contribution in [1.82, 2.24) is 4.98 Å². The zero-order valence-corrected chi connectivity index (χ0v) is 11.0. The summed E-state index contributed by atoms with van der Waals surface area (Å²) in [6, 6.07) is 5.56. The Morgan fingerprint density at radius 1 is 1.32 bits per heavy atom. The summed E-state index contributed by atoms with van der Waals surface area (Å²) in [6.45, 7) is 2.28. The monoisotopic (exact) mass is 282 g/mol. The Labute approximate surface area is 113 Å². The number of pyridine rings is 1. The van der Waals surface area contributed by atoms with Crippen LogP contribution < -0.4 is 10.5 Å². The second kappa shape index (κ2) is 5.88. The molecule has 19 heavy (non-hydrogen) atoms. The summed E-state index contributed by atoms with van der Waals surface area (Å²) in [5.41, 5.74) is 5.42. The van der Waals surface area contributed by atoms with Crippen LogP contribution in [0.4, 0.5) is 14.5 Å². The zero-order chi connectivity index (χ0) is 13.8. The highest BCUT2D eigenvalue weighted by Gasteiger charge is 2.15. The van der Waals surface area contributed by atoms with Gasteiger partial charge in [-0.2, -0.15) is 0 Å².